The zero-order valence-electron chi connectivity index (χ0n) is 17.0. The van der Waals surface area contributed by atoms with Gasteiger partial charge in [0, 0.05) is 25.4 Å². The van der Waals surface area contributed by atoms with Gasteiger partial charge in [-0.2, -0.15) is 0 Å². The van der Waals surface area contributed by atoms with Crippen LogP contribution in [0.5, 0.6) is 5.75 Å². The molecular weight excluding hydrogens is 376 g/mol. The SMILES string of the molecule is COCCCCCCOc1ccc(C(=O)NNC(=O)/C=C/C=C/COOC)cc1. The Morgan fingerprint density at radius 1 is 0.931 bits per heavy atom. The predicted molar refractivity (Wildman–Crippen MR) is 109 cm³/mol. The van der Waals surface area contributed by atoms with Crippen LogP contribution in [0.15, 0.2) is 48.6 Å². The number of hydrazine groups is 1. The minimum atomic E-state index is -0.457. The van der Waals surface area contributed by atoms with Crippen molar-refractivity contribution in [1.82, 2.24) is 10.9 Å². The molecule has 0 radical (unpaired) electrons. The number of ether oxygens (including phenoxy) is 2. The van der Waals surface area contributed by atoms with Crippen molar-refractivity contribution in [3.63, 3.8) is 0 Å². The molecule has 0 atom stereocenters. The Morgan fingerprint density at radius 3 is 2.34 bits per heavy atom. The summed E-state index contributed by atoms with van der Waals surface area (Å²) in [5.41, 5.74) is 5.07. The van der Waals surface area contributed by atoms with Gasteiger partial charge in [0.1, 0.15) is 12.4 Å². The molecule has 0 fully saturated rings. The van der Waals surface area contributed by atoms with Crippen LogP contribution in [0.4, 0.5) is 0 Å². The lowest BCUT2D eigenvalue weighted by molar-refractivity contribution is -0.263. The van der Waals surface area contributed by atoms with Crippen LogP contribution in [0.1, 0.15) is 36.0 Å². The smallest absolute Gasteiger partial charge is 0.269 e. The molecule has 8 nitrogen and oxygen atoms in total. The molecule has 0 heterocycles. The molecule has 160 valence electrons. The van der Waals surface area contributed by atoms with Crippen molar-refractivity contribution in [1.29, 1.82) is 0 Å². The Kier molecular flexibility index (Phi) is 13.7. The van der Waals surface area contributed by atoms with Gasteiger partial charge in [-0.3, -0.25) is 20.4 Å². The molecule has 1 aromatic carbocycles. The molecule has 0 saturated carbocycles. The standard InChI is InChI=1S/C21H30N2O6/c1-26-15-7-3-4-8-16-28-19-13-11-18(12-14-19)21(25)23-22-20(24)10-6-5-9-17-29-27-2/h5-6,9-14H,3-4,7-8,15-17H2,1-2H3,(H,22,24)(H,23,25)/b9-5+,10-6+. The van der Waals surface area contributed by atoms with E-state index in [1.54, 1.807) is 43.5 Å². The van der Waals surface area contributed by atoms with E-state index in [4.69, 9.17) is 9.47 Å². The highest BCUT2D eigenvalue weighted by atomic mass is 17.2. The van der Waals surface area contributed by atoms with Crippen molar-refractivity contribution in [2.24, 2.45) is 0 Å². The Labute approximate surface area is 171 Å². The third kappa shape index (κ3) is 12.4. The van der Waals surface area contributed by atoms with Crippen molar-refractivity contribution < 1.29 is 28.8 Å². The van der Waals surface area contributed by atoms with E-state index in [1.807, 2.05) is 0 Å². The van der Waals surface area contributed by atoms with Gasteiger partial charge in [0.25, 0.3) is 11.8 Å². The topological polar surface area (TPSA) is 95.1 Å². The second-order valence-corrected chi connectivity index (χ2v) is 5.96. The Morgan fingerprint density at radius 2 is 1.66 bits per heavy atom. The lowest BCUT2D eigenvalue weighted by atomic mass is 10.2. The monoisotopic (exact) mass is 406 g/mol. The molecule has 0 saturated heterocycles. The van der Waals surface area contributed by atoms with Crippen LogP contribution in [-0.2, 0) is 19.3 Å². The Balaban J connectivity index is 2.25. The summed E-state index contributed by atoms with van der Waals surface area (Å²) in [4.78, 5) is 32.7. The number of allylic oxidation sites excluding steroid dienone is 2. The van der Waals surface area contributed by atoms with Crippen molar-refractivity contribution in [3.8, 4) is 5.75 Å². The third-order valence-electron chi connectivity index (χ3n) is 3.70. The van der Waals surface area contributed by atoms with Gasteiger partial charge in [0.2, 0.25) is 0 Å². The van der Waals surface area contributed by atoms with E-state index >= 15 is 0 Å². The Hall–Kier alpha value is -2.68. The van der Waals surface area contributed by atoms with Crippen LogP contribution in [0.25, 0.3) is 0 Å². The van der Waals surface area contributed by atoms with E-state index in [1.165, 1.54) is 19.3 Å². The normalized spacial score (nSPS) is 11.1. The first-order chi connectivity index (χ1) is 14.2. The maximum atomic E-state index is 12.0. The second kappa shape index (κ2) is 16.3. The largest absolute Gasteiger partial charge is 0.494 e. The van der Waals surface area contributed by atoms with E-state index in [9.17, 15) is 9.59 Å². The first kappa shape index (κ1) is 24.4. The summed E-state index contributed by atoms with van der Waals surface area (Å²) in [7, 11) is 3.12. The van der Waals surface area contributed by atoms with Crippen LogP contribution < -0.4 is 15.6 Å². The van der Waals surface area contributed by atoms with Crippen LogP contribution in [-0.4, -0.2) is 45.9 Å². The summed E-state index contributed by atoms with van der Waals surface area (Å²) in [5.74, 6) is -0.170. The van der Waals surface area contributed by atoms with Gasteiger partial charge in [0.05, 0.1) is 13.7 Å². The quantitative estimate of drug-likeness (QED) is 0.162. The van der Waals surface area contributed by atoms with Gasteiger partial charge in [-0.25, -0.2) is 9.78 Å². The van der Waals surface area contributed by atoms with Gasteiger partial charge in [-0.1, -0.05) is 24.6 Å². The maximum Gasteiger partial charge on any atom is 0.269 e. The average Bonchev–Trinajstić information content (AvgIpc) is 2.74. The fourth-order valence-electron chi connectivity index (χ4n) is 2.21. The fraction of sp³-hybridized carbons (Fsp3) is 0.429. The Bertz CT molecular complexity index is 643. The highest BCUT2D eigenvalue weighted by Gasteiger charge is 2.06. The van der Waals surface area contributed by atoms with Crippen molar-refractivity contribution in [3.05, 3.63) is 54.1 Å². The van der Waals surface area contributed by atoms with E-state index in [-0.39, 0.29) is 6.61 Å². The zero-order chi connectivity index (χ0) is 21.2. The molecule has 0 spiro atoms. The molecule has 0 aliphatic carbocycles. The zero-order valence-corrected chi connectivity index (χ0v) is 17.0. The van der Waals surface area contributed by atoms with E-state index in [0.29, 0.717) is 17.9 Å². The molecule has 29 heavy (non-hydrogen) atoms. The number of rotatable bonds is 14. The number of carbonyl (C=O) groups excluding carboxylic acids is 2. The molecule has 0 bridgehead atoms. The van der Waals surface area contributed by atoms with Gasteiger partial charge >= 0.3 is 0 Å². The molecule has 0 unspecified atom stereocenters. The van der Waals surface area contributed by atoms with Gasteiger partial charge in [-0.15, -0.1) is 0 Å². The minimum Gasteiger partial charge on any atom is -0.494 e. The summed E-state index contributed by atoms with van der Waals surface area (Å²) >= 11 is 0. The summed E-state index contributed by atoms with van der Waals surface area (Å²) < 4.78 is 10.7. The summed E-state index contributed by atoms with van der Waals surface area (Å²) in [5, 5.41) is 0. The summed E-state index contributed by atoms with van der Waals surface area (Å²) in [6.45, 7) is 1.70. The van der Waals surface area contributed by atoms with Crippen LogP contribution in [0.2, 0.25) is 0 Å². The third-order valence-corrected chi connectivity index (χ3v) is 3.70. The minimum absolute atomic E-state index is 0.271. The lowest BCUT2D eigenvalue weighted by Gasteiger charge is -2.08. The number of benzene rings is 1. The molecule has 8 heteroatoms. The first-order valence-corrected chi connectivity index (χ1v) is 9.48. The van der Waals surface area contributed by atoms with E-state index < -0.39 is 11.8 Å². The summed E-state index contributed by atoms with van der Waals surface area (Å²) in [6.07, 6.45) is 10.3. The highest BCUT2D eigenvalue weighted by Crippen LogP contribution is 2.13. The number of hydrogen-bond donors (Lipinski definition) is 2. The van der Waals surface area contributed by atoms with Gasteiger partial charge in [-0.05, 0) is 43.5 Å². The highest BCUT2D eigenvalue weighted by molar-refractivity contribution is 5.96. The molecule has 0 aliphatic heterocycles. The lowest BCUT2D eigenvalue weighted by Crippen LogP contribution is -2.40. The molecule has 2 amide bonds. The molecule has 1 rings (SSSR count). The van der Waals surface area contributed by atoms with Crippen LogP contribution in [0, 0.1) is 0 Å². The average molecular weight is 406 g/mol. The molecule has 0 aromatic heterocycles. The number of unbranched alkanes of at least 4 members (excludes halogenated alkanes) is 3. The van der Waals surface area contributed by atoms with Gasteiger partial charge < -0.3 is 9.47 Å². The molecule has 1 aromatic rings. The maximum absolute atomic E-state index is 12.0. The van der Waals surface area contributed by atoms with Crippen molar-refractivity contribution in [2.45, 2.75) is 25.7 Å². The van der Waals surface area contributed by atoms with E-state index in [2.05, 4.69) is 20.6 Å². The fourth-order valence-corrected chi connectivity index (χ4v) is 2.21. The van der Waals surface area contributed by atoms with Crippen molar-refractivity contribution in [2.75, 3.05) is 34.0 Å². The van der Waals surface area contributed by atoms with Crippen LogP contribution >= 0.6 is 0 Å². The molecule has 2 N–H and O–H groups in total. The van der Waals surface area contributed by atoms with Crippen LogP contribution in [0.3, 0.4) is 0 Å². The number of methoxy groups -OCH3 is 1. The summed E-state index contributed by atoms with van der Waals surface area (Å²) in [6, 6.07) is 6.75. The number of carbonyl (C=O) groups is 2. The van der Waals surface area contributed by atoms with E-state index in [0.717, 1.165) is 32.3 Å². The predicted octanol–water partition coefficient (Wildman–Crippen LogP) is 2.72. The number of amides is 2. The molecular formula is C21H30N2O6. The number of hydrogen-bond acceptors (Lipinski definition) is 6. The van der Waals surface area contributed by atoms with Crippen molar-refractivity contribution >= 4 is 11.8 Å². The van der Waals surface area contributed by atoms with Gasteiger partial charge in [0.15, 0.2) is 0 Å². The number of nitrogens with one attached hydrogen (secondary N) is 2. The molecule has 0 aliphatic rings. The second-order valence-electron chi connectivity index (χ2n) is 5.96. The first-order valence-electron chi connectivity index (χ1n) is 9.48.